The van der Waals surface area contributed by atoms with E-state index in [9.17, 15) is 4.79 Å². The molecular weight excluding hydrogens is 214 g/mol. The van der Waals surface area contributed by atoms with Gasteiger partial charge in [-0.05, 0) is 12.8 Å². The van der Waals surface area contributed by atoms with E-state index in [2.05, 4.69) is 9.97 Å². The van der Waals surface area contributed by atoms with E-state index in [1.54, 1.807) is 6.33 Å². The Morgan fingerprint density at radius 2 is 2.18 bits per heavy atom. The molecule has 4 heteroatoms. The molecule has 1 aliphatic carbocycles. The zero-order chi connectivity index (χ0) is 11.7. The third kappa shape index (κ3) is 2.04. The predicted octanol–water partition coefficient (Wildman–Crippen LogP) is 1.55. The van der Waals surface area contributed by atoms with Crippen LogP contribution in [-0.2, 0) is 17.8 Å². The first-order valence-electron chi connectivity index (χ1n) is 6.41. The van der Waals surface area contributed by atoms with Gasteiger partial charge in [-0.2, -0.15) is 0 Å². The lowest BCUT2D eigenvalue weighted by atomic mass is 10.0. The van der Waals surface area contributed by atoms with Crippen molar-refractivity contribution in [3.8, 4) is 0 Å². The molecular formula is C13H17N3O. The third-order valence-corrected chi connectivity index (χ3v) is 3.88. The van der Waals surface area contributed by atoms with Crippen LogP contribution in [-0.4, -0.2) is 27.3 Å². The summed E-state index contributed by atoms with van der Waals surface area (Å²) in [5.41, 5.74) is 2.22. The fraction of sp³-hybridized carbons (Fsp3) is 0.615. The van der Waals surface area contributed by atoms with Gasteiger partial charge in [-0.3, -0.25) is 4.79 Å². The minimum atomic E-state index is 0.279. The standard InChI is InChI=1S/C13H17N3O/c17-13(10-3-1-2-4-10)16-6-5-12-11(8-16)7-14-9-15-12/h7,9-10H,1-6,8H2. The number of hydrogen-bond donors (Lipinski definition) is 0. The summed E-state index contributed by atoms with van der Waals surface area (Å²) in [6.07, 6.45) is 8.88. The SMILES string of the molecule is O=C(C1CCCC1)N1CCc2ncncc2C1. The number of amides is 1. The molecule has 0 unspecified atom stereocenters. The highest BCUT2D eigenvalue weighted by molar-refractivity contribution is 5.79. The van der Waals surface area contributed by atoms with E-state index < -0.39 is 0 Å². The van der Waals surface area contributed by atoms with Crippen molar-refractivity contribution in [3.05, 3.63) is 23.8 Å². The molecule has 0 atom stereocenters. The molecule has 0 spiro atoms. The van der Waals surface area contributed by atoms with Crippen LogP contribution < -0.4 is 0 Å². The van der Waals surface area contributed by atoms with Crippen LogP contribution in [0, 0.1) is 5.92 Å². The van der Waals surface area contributed by atoms with E-state index in [0.29, 0.717) is 12.5 Å². The van der Waals surface area contributed by atoms with Gasteiger partial charge in [0.25, 0.3) is 0 Å². The molecule has 0 bridgehead atoms. The molecule has 1 aliphatic heterocycles. The van der Waals surface area contributed by atoms with Crippen molar-refractivity contribution < 1.29 is 4.79 Å². The van der Waals surface area contributed by atoms with E-state index >= 15 is 0 Å². The molecule has 1 aromatic heterocycles. The minimum absolute atomic E-state index is 0.279. The molecule has 0 saturated heterocycles. The maximum atomic E-state index is 12.3. The Labute approximate surface area is 101 Å². The van der Waals surface area contributed by atoms with Crippen LogP contribution in [0.1, 0.15) is 36.9 Å². The predicted molar refractivity (Wildman–Crippen MR) is 63.1 cm³/mol. The Bertz CT molecular complexity index is 426. The van der Waals surface area contributed by atoms with Crippen molar-refractivity contribution in [3.63, 3.8) is 0 Å². The van der Waals surface area contributed by atoms with Crippen molar-refractivity contribution >= 4 is 5.91 Å². The molecule has 1 aromatic rings. The second-order valence-electron chi connectivity index (χ2n) is 4.99. The number of carbonyl (C=O) groups excluding carboxylic acids is 1. The van der Waals surface area contributed by atoms with Crippen LogP contribution >= 0.6 is 0 Å². The van der Waals surface area contributed by atoms with E-state index in [0.717, 1.165) is 37.1 Å². The number of aromatic nitrogens is 2. The summed E-state index contributed by atoms with van der Waals surface area (Å²) in [7, 11) is 0. The highest BCUT2D eigenvalue weighted by Crippen LogP contribution is 2.28. The van der Waals surface area contributed by atoms with Crippen molar-refractivity contribution in [2.45, 2.75) is 38.6 Å². The van der Waals surface area contributed by atoms with E-state index in [1.165, 1.54) is 12.8 Å². The number of fused-ring (bicyclic) bond motifs is 1. The van der Waals surface area contributed by atoms with Gasteiger partial charge in [0.05, 0.1) is 5.69 Å². The topological polar surface area (TPSA) is 46.1 Å². The first-order valence-corrected chi connectivity index (χ1v) is 6.41. The molecule has 2 aliphatic rings. The van der Waals surface area contributed by atoms with E-state index in [1.807, 2.05) is 11.1 Å². The van der Waals surface area contributed by atoms with E-state index in [4.69, 9.17) is 0 Å². The third-order valence-electron chi connectivity index (χ3n) is 3.88. The summed E-state index contributed by atoms with van der Waals surface area (Å²) in [6.45, 7) is 1.52. The first kappa shape index (κ1) is 10.7. The summed E-state index contributed by atoms with van der Waals surface area (Å²) >= 11 is 0. The molecule has 3 rings (SSSR count). The quantitative estimate of drug-likeness (QED) is 0.736. The molecule has 2 heterocycles. The van der Waals surface area contributed by atoms with Gasteiger partial charge in [-0.25, -0.2) is 9.97 Å². The molecule has 1 amide bonds. The van der Waals surface area contributed by atoms with Crippen molar-refractivity contribution in [1.82, 2.24) is 14.9 Å². The molecule has 0 aromatic carbocycles. The van der Waals surface area contributed by atoms with Crippen LogP contribution in [0.15, 0.2) is 12.5 Å². The monoisotopic (exact) mass is 231 g/mol. The Morgan fingerprint density at radius 1 is 1.35 bits per heavy atom. The summed E-state index contributed by atoms with van der Waals surface area (Å²) < 4.78 is 0. The summed E-state index contributed by atoms with van der Waals surface area (Å²) in [6, 6.07) is 0. The largest absolute Gasteiger partial charge is 0.338 e. The zero-order valence-corrected chi connectivity index (χ0v) is 9.93. The van der Waals surface area contributed by atoms with Crippen LogP contribution in [0.2, 0.25) is 0 Å². The lowest BCUT2D eigenvalue weighted by molar-refractivity contribution is -0.136. The molecule has 90 valence electrons. The fourth-order valence-corrected chi connectivity index (χ4v) is 2.89. The van der Waals surface area contributed by atoms with Gasteiger partial charge >= 0.3 is 0 Å². The molecule has 0 N–H and O–H groups in total. The van der Waals surface area contributed by atoms with Crippen LogP contribution in [0.3, 0.4) is 0 Å². The van der Waals surface area contributed by atoms with Crippen LogP contribution in [0.5, 0.6) is 0 Å². The zero-order valence-electron chi connectivity index (χ0n) is 9.93. The maximum absolute atomic E-state index is 12.3. The van der Waals surface area contributed by atoms with Gasteiger partial charge in [0.15, 0.2) is 0 Å². The van der Waals surface area contributed by atoms with Gasteiger partial charge in [-0.15, -0.1) is 0 Å². The summed E-state index contributed by atoms with van der Waals surface area (Å²) in [5, 5.41) is 0. The number of hydrogen-bond acceptors (Lipinski definition) is 3. The van der Waals surface area contributed by atoms with Gasteiger partial charge in [0.2, 0.25) is 5.91 Å². The fourth-order valence-electron chi connectivity index (χ4n) is 2.89. The Hall–Kier alpha value is -1.45. The van der Waals surface area contributed by atoms with Gasteiger partial charge in [-0.1, -0.05) is 12.8 Å². The first-order chi connectivity index (χ1) is 8.34. The van der Waals surface area contributed by atoms with Gasteiger partial charge in [0.1, 0.15) is 6.33 Å². The highest BCUT2D eigenvalue weighted by atomic mass is 16.2. The molecule has 1 fully saturated rings. The van der Waals surface area contributed by atoms with Gasteiger partial charge < -0.3 is 4.90 Å². The Morgan fingerprint density at radius 3 is 3.00 bits per heavy atom. The van der Waals surface area contributed by atoms with E-state index in [-0.39, 0.29) is 5.92 Å². The maximum Gasteiger partial charge on any atom is 0.225 e. The second kappa shape index (κ2) is 4.43. The van der Waals surface area contributed by atoms with Crippen molar-refractivity contribution in [2.24, 2.45) is 5.92 Å². The lowest BCUT2D eigenvalue weighted by Crippen LogP contribution is -2.39. The number of nitrogens with zero attached hydrogens (tertiary/aromatic N) is 3. The molecule has 1 saturated carbocycles. The minimum Gasteiger partial charge on any atom is -0.338 e. The number of carbonyl (C=O) groups is 1. The number of rotatable bonds is 1. The smallest absolute Gasteiger partial charge is 0.225 e. The van der Waals surface area contributed by atoms with Gasteiger partial charge in [0, 0.05) is 37.2 Å². The second-order valence-corrected chi connectivity index (χ2v) is 4.99. The lowest BCUT2D eigenvalue weighted by Gasteiger charge is -2.29. The van der Waals surface area contributed by atoms with Crippen LogP contribution in [0.4, 0.5) is 0 Å². The van der Waals surface area contributed by atoms with Crippen LogP contribution in [0.25, 0.3) is 0 Å². The summed E-state index contributed by atoms with van der Waals surface area (Å²) in [4.78, 5) is 22.6. The average Bonchev–Trinajstić information content (AvgIpc) is 2.91. The Kier molecular flexibility index (Phi) is 2.79. The summed E-state index contributed by atoms with van der Waals surface area (Å²) in [5.74, 6) is 0.623. The van der Waals surface area contributed by atoms with Crippen molar-refractivity contribution in [1.29, 1.82) is 0 Å². The molecule has 17 heavy (non-hydrogen) atoms. The Balaban J connectivity index is 1.73. The molecule has 4 nitrogen and oxygen atoms in total. The highest BCUT2D eigenvalue weighted by Gasteiger charge is 2.29. The van der Waals surface area contributed by atoms with Crippen molar-refractivity contribution in [2.75, 3.05) is 6.54 Å². The molecule has 0 radical (unpaired) electrons. The normalized spacial score (nSPS) is 20.4. The average molecular weight is 231 g/mol.